The number of amides is 1. The van der Waals surface area contributed by atoms with Gasteiger partial charge < -0.3 is 19.4 Å². The smallest absolute Gasteiger partial charge is 0.254 e. The van der Waals surface area contributed by atoms with Gasteiger partial charge in [0.25, 0.3) is 5.91 Å². The lowest BCUT2D eigenvalue weighted by Crippen LogP contribution is -2.45. The van der Waals surface area contributed by atoms with E-state index in [-0.39, 0.29) is 18.3 Å². The van der Waals surface area contributed by atoms with Gasteiger partial charge in [-0.1, -0.05) is 12.1 Å². The van der Waals surface area contributed by atoms with E-state index < -0.39 is 12.1 Å². The summed E-state index contributed by atoms with van der Waals surface area (Å²) in [5.74, 6) is 0.0737. The van der Waals surface area contributed by atoms with E-state index in [1.54, 1.807) is 36.5 Å². The molecule has 122 valence electrons. The Balaban J connectivity index is 1.88. The van der Waals surface area contributed by atoms with Gasteiger partial charge in [0.05, 0.1) is 19.8 Å². The third-order valence-corrected chi connectivity index (χ3v) is 3.79. The Bertz CT molecular complexity index is 639. The van der Waals surface area contributed by atoms with Crippen molar-refractivity contribution in [1.29, 1.82) is 0 Å². The average Bonchev–Trinajstić information content (AvgIpc) is 3.11. The molecule has 7 heteroatoms. The number of hydrogen-bond acceptors (Lipinski definition) is 4. The van der Waals surface area contributed by atoms with Crippen LogP contribution < -0.4 is 0 Å². The Hall–Kier alpha value is -2.25. The van der Waals surface area contributed by atoms with Gasteiger partial charge in [0.15, 0.2) is 6.10 Å². The molecule has 0 spiro atoms. The Labute approximate surface area is 133 Å². The second-order valence-corrected chi connectivity index (χ2v) is 5.31. The monoisotopic (exact) mass is 319 g/mol. The summed E-state index contributed by atoms with van der Waals surface area (Å²) in [6.07, 6.45) is 2.67. The first-order valence-electron chi connectivity index (χ1n) is 7.37. The Morgan fingerprint density at radius 2 is 2.17 bits per heavy atom. The van der Waals surface area contributed by atoms with Crippen LogP contribution in [-0.4, -0.2) is 53.7 Å². The van der Waals surface area contributed by atoms with E-state index in [2.05, 4.69) is 9.97 Å². The number of H-pyrrole nitrogens is 1. The van der Waals surface area contributed by atoms with Crippen LogP contribution in [0, 0.1) is 5.82 Å². The molecule has 0 aliphatic carbocycles. The van der Waals surface area contributed by atoms with E-state index in [0.717, 1.165) is 5.56 Å². The molecule has 1 amide bonds. The normalized spacial score (nSPS) is 19.3. The number of ether oxygens (including phenoxy) is 2. The topological polar surface area (TPSA) is 67.5 Å². The zero-order valence-electron chi connectivity index (χ0n) is 12.7. The molecular formula is C16H18FN3O3. The predicted molar refractivity (Wildman–Crippen MR) is 80.2 cm³/mol. The second kappa shape index (κ2) is 6.89. The van der Waals surface area contributed by atoms with E-state index >= 15 is 0 Å². The molecule has 1 fully saturated rings. The molecular weight excluding hydrogens is 301 g/mol. The minimum atomic E-state index is -0.633. The molecule has 2 heterocycles. The molecule has 0 bridgehead atoms. The summed E-state index contributed by atoms with van der Waals surface area (Å²) in [4.78, 5) is 21.5. The lowest BCUT2D eigenvalue weighted by atomic mass is 10.0. The van der Waals surface area contributed by atoms with Gasteiger partial charge in [0.2, 0.25) is 0 Å². The van der Waals surface area contributed by atoms with Crippen molar-refractivity contribution in [2.75, 3.05) is 26.9 Å². The summed E-state index contributed by atoms with van der Waals surface area (Å²) < 4.78 is 24.0. The maximum absolute atomic E-state index is 13.2. The highest BCUT2D eigenvalue weighted by Gasteiger charge is 2.32. The van der Waals surface area contributed by atoms with Crippen LogP contribution in [0.2, 0.25) is 0 Å². The van der Waals surface area contributed by atoms with E-state index in [1.165, 1.54) is 12.1 Å². The number of nitrogens with one attached hydrogen (secondary N) is 1. The van der Waals surface area contributed by atoms with Gasteiger partial charge in [-0.15, -0.1) is 0 Å². The first-order chi connectivity index (χ1) is 11.2. The maximum atomic E-state index is 13.2. The van der Waals surface area contributed by atoms with Crippen LogP contribution in [0.25, 0.3) is 0 Å². The molecule has 2 aromatic rings. The molecule has 1 N–H and O–H groups in total. The standard InChI is InChI=1S/C16H18FN3O3/c1-20(16(21)13-10-22-8-9-23-13)14(15-18-6-7-19-15)11-2-4-12(17)5-3-11/h2-7,13-14H,8-10H2,1H3,(H,18,19). The fourth-order valence-electron chi connectivity index (χ4n) is 2.62. The van der Waals surface area contributed by atoms with Crippen LogP contribution in [0.3, 0.4) is 0 Å². The maximum Gasteiger partial charge on any atom is 0.254 e. The molecule has 0 saturated carbocycles. The molecule has 2 atom stereocenters. The molecule has 1 aromatic carbocycles. The lowest BCUT2D eigenvalue weighted by molar-refractivity contribution is -0.158. The SMILES string of the molecule is CN(C(=O)C1COCCO1)C(c1ccc(F)cc1)c1ncc[nH]1. The summed E-state index contributed by atoms with van der Waals surface area (Å²) in [7, 11) is 1.68. The van der Waals surface area contributed by atoms with Crippen molar-refractivity contribution in [3.8, 4) is 0 Å². The summed E-state index contributed by atoms with van der Waals surface area (Å²) in [6, 6.07) is 5.56. The first-order valence-corrected chi connectivity index (χ1v) is 7.37. The molecule has 3 rings (SSSR count). The van der Waals surface area contributed by atoms with Crippen molar-refractivity contribution in [2.24, 2.45) is 0 Å². The largest absolute Gasteiger partial charge is 0.376 e. The molecule has 1 saturated heterocycles. The minimum absolute atomic E-state index is 0.199. The summed E-state index contributed by atoms with van der Waals surface area (Å²) in [5.41, 5.74) is 0.758. The van der Waals surface area contributed by atoms with Gasteiger partial charge >= 0.3 is 0 Å². The van der Waals surface area contributed by atoms with Crippen LogP contribution in [0.5, 0.6) is 0 Å². The molecule has 1 aromatic heterocycles. The number of halogens is 1. The number of imidazole rings is 1. The van der Waals surface area contributed by atoms with Crippen molar-refractivity contribution in [2.45, 2.75) is 12.1 Å². The van der Waals surface area contributed by atoms with Crippen molar-refractivity contribution < 1.29 is 18.7 Å². The van der Waals surface area contributed by atoms with Crippen LogP contribution in [0.15, 0.2) is 36.7 Å². The number of hydrogen-bond donors (Lipinski definition) is 1. The second-order valence-electron chi connectivity index (χ2n) is 5.31. The summed E-state index contributed by atoms with van der Waals surface area (Å²) in [6.45, 7) is 1.12. The number of carbonyl (C=O) groups is 1. The van der Waals surface area contributed by atoms with Gasteiger partial charge in [0.1, 0.15) is 17.7 Å². The predicted octanol–water partition coefficient (Wildman–Crippen LogP) is 1.51. The van der Waals surface area contributed by atoms with Gasteiger partial charge in [-0.2, -0.15) is 0 Å². The average molecular weight is 319 g/mol. The summed E-state index contributed by atoms with van der Waals surface area (Å²) >= 11 is 0. The molecule has 1 aliphatic heterocycles. The number of rotatable bonds is 4. The van der Waals surface area contributed by atoms with E-state index in [1.807, 2.05) is 0 Å². The van der Waals surface area contributed by atoms with E-state index in [9.17, 15) is 9.18 Å². The lowest BCUT2D eigenvalue weighted by Gasteiger charge is -2.31. The van der Waals surface area contributed by atoms with Crippen molar-refractivity contribution >= 4 is 5.91 Å². The van der Waals surface area contributed by atoms with Gasteiger partial charge in [-0.05, 0) is 17.7 Å². The Morgan fingerprint density at radius 1 is 1.39 bits per heavy atom. The fourth-order valence-corrected chi connectivity index (χ4v) is 2.62. The molecule has 2 unspecified atom stereocenters. The number of aromatic nitrogens is 2. The van der Waals surface area contributed by atoms with Crippen molar-refractivity contribution in [3.63, 3.8) is 0 Å². The quantitative estimate of drug-likeness (QED) is 0.928. The fraction of sp³-hybridized carbons (Fsp3) is 0.375. The highest BCUT2D eigenvalue weighted by Crippen LogP contribution is 2.26. The zero-order chi connectivity index (χ0) is 16.2. The van der Waals surface area contributed by atoms with Crippen LogP contribution in [0.4, 0.5) is 4.39 Å². The van der Waals surface area contributed by atoms with Crippen LogP contribution in [0.1, 0.15) is 17.4 Å². The number of benzene rings is 1. The van der Waals surface area contributed by atoms with E-state index in [4.69, 9.17) is 9.47 Å². The van der Waals surface area contributed by atoms with Crippen LogP contribution >= 0.6 is 0 Å². The molecule has 6 nitrogen and oxygen atoms in total. The number of aromatic amines is 1. The van der Waals surface area contributed by atoms with Gasteiger partial charge in [0, 0.05) is 19.4 Å². The summed E-state index contributed by atoms with van der Waals surface area (Å²) in [5, 5.41) is 0. The van der Waals surface area contributed by atoms with E-state index in [0.29, 0.717) is 19.0 Å². The van der Waals surface area contributed by atoms with Crippen molar-refractivity contribution in [1.82, 2.24) is 14.9 Å². The van der Waals surface area contributed by atoms with Gasteiger partial charge in [-0.3, -0.25) is 4.79 Å². The minimum Gasteiger partial charge on any atom is -0.376 e. The molecule has 1 aliphatic rings. The third kappa shape index (κ3) is 3.40. The highest BCUT2D eigenvalue weighted by molar-refractivity contribution is 5.81. The highest BCUT2D eigenvalue weighted by atomic mass is 19.1. The molecule has 0 radical (unpaired) electrons. The number of carbonyl (C=O) groups excluding carboxylic acids is 1. The number of likely N-dealkylation sites (N-methyl/N-ethyl adjacent to an activating group) is 1. The Morgan fingerprint density at radius 3 is 2.78 bits per heavy atom. The van der Waals surface area contributed by atoms with Crippen LogP contribution in [-0.2, 0) is 14.3 Å². The zero-order valence-corrected chi connectivity index (χ0v) is 12.7. The Kier molecular flexibility index (Phi) is 4.68. The first kappa shape index (κ1) is 15.6. The van der Waals surface area contributed by atoms with Crippen molar-refractivity contribution in [3.05, 3.63) is 53.9 Å². The van der Waals surface area contributed by atoms with Gasteiger partial charge in [-0.25, -0.2) is 9.37 Å². The third-order valence-electron chi connectivity index (χ3n) is 3.79. The number of nitrogens with zero attached hydrogens (tertiary/aromatic N) is 2. The molecule has 23 heavy (non-hydrogen) atoms.